The number of rotatable bonds is 5. The minimum Gasteiger partial charge on any atom is -0.395 e. The number of hydrogen-bond donors (Lipinski definition) is 2. The van der Waals surface area contributed by atoms with Crippen molar-refractivity contribution in [3.8, 4) is 0 Å². The topological polar surface area (TPSA) is 96.5 Å². The summed E-state index contributed by atoms with van der Waals surface area (Å²) in [5.74, 6) is -0.396. The molecule has 19 heavy (non-hydrogen) atoms. The third-order valence-corrected chi connectivity index (χ3v) is 4.02. The van der Waals surface area contributed by atoms with Crippen molar-refractivity contribution in [3.63, 3.8) is 0 Å². The lowest BCUT2D eigenvalue weighted by Crippen LogP contribution is -2.40. The highest BCUT2D eigenvalue weighted by Gasteiger charge is 2.37. The highest BCUT2D eigenvalue weighted by atomic mass is 32.2. The van der Waals surface area contributed by atoms with Crippen molar-refractivity contribution in [2.75, 3.05) is 25.4 Å². The molecule has 0 radical (unpaired) electrons. The fourth-order valence-corrected chi connectivity index (χ4v) is 2.84. The Balaban J connectivity index is 3.17. The number of pyridine rings is 1. The van der Waals surface area contributed by atoms with Crippen molar-refractivity contribution in [1.29, 1.82) is 0 Å². The van der Waals surface area contributed by atoms with Crippen LogP contribution in [0, 0.1) is 0 Å². The first kappa shape index (κ1) is 15.7. The lowest BCUT2D eigenvalue weighted by Gasteiger charge is -2.22. The van der Waals surface area contributed by atoms with Gasteiger partial charge in [0.2, 0.25) is 10.0 Å². The minimum absolute atomic E-state index is 0.111. The number of alkyl halides is 3. The molecule has 1 rings (SSSR count). The summed E-state index contributed by atoms with van der Waals surface area (Å²) in [6.07, 6.45) is -3.51. The molecule has 0 spiro atoms. The summed E-state index contributed by atoms with van der Waals surface area (Å²) >= 11 is 0. The van der Waals surface area contributed by atoms with E-state index in [0.29, 0.717) is 0 Å². The highest BCUT2D eigenvalue weighted by Crippen LogP contribution is 2.24. The van der Waals surface area contributed by atoms with Gasteiger partial charge in [0.25, 0.3) is 0 Å². The van der Waals surface area contributed by atoms with Crippen LogP contribution >= 0.6 is 0 Å². The molecular formula is C9H12F3N3O3S. The van der Waals surface area contributed by atoms with E-state index in [-0.39, 0.29) is 4.31 Å². The van der Waals surface area contributed by atoms with Gasteiger partial charge in [-0.05, 0) is 12.1 Å². The number of aliphatic hydroxyl groups excluding tert-OH is 1. The predicted molar refractivity (Wildman–Crippen MR) is 60.5 cm³/mol. The fraction of sp³-hybridized carbons (Fsp3) is 0.444. The van der Waals surface area contributed by atoms with Crippen LogP contribution < -0.4 is 5.73 Å². The van der Waals surface area contributed by atoms with E-state index in [1.54, 1.807) is 0 Å². The zero-order valence-electron chi connectivity index (χ0n) is 9.63. The largest absolute Gasteiger partial charge is 0.402 e. The first-order valence-electron chi connectivity index (χ1n) is 5.07. The van der Waals surface area contributed by atoms with Gasteiger partial charge < -0.3 is 10.8 Å². The van der Waals surface area contributed by atoms with E-state index in [2.05, 4.69) is 4.98 Å². The van der Waals surface area contributed by atoms with Gasteiger partial charge in [-0.25, -0.2) is 13.4 Å². The number of nitrogens with zero attached hydrogens (tertiary/aromatic N) is 2. The number of nitrogen functional groups attached to an aromatic ring is 1. The Morgan fingerprint density at radius 1 is 1.42 bits per heavy atom. The van der Waals surface area contributed by atoms with Crippen LogP contribution in [0.4, 0.5) is 19.0 Å². The van der Waals surface area contributed by atoms with Gasteiger partial charge in [-0.1, -0.05) is 0 Å². The fourth-order valence-electron chi connectivity index (χ4n) is 1.36. The maximum absolute atomic E-state index is 12.3. The van der Waals surface area contributed by atoms with Crippen LogP contribution in [0.1, 0.15) is 0 Å². The Labute approximate surface area is 107 Å². The third kappa shape index (κ3) is 4.04. The zero-order chi connectivity index (χ0) is 14.7. The van der Waals surface area contributed by atoms with E-state index in [9.17, 15) is 21.6 Å². The first-order chi connectivity index (χ1) is 8.68. The smallest absolute Gasteiger partial charge is 0.395 e. The molecule has 0 unspecified atom stereocenters. The van der Waals surface area contributed by atoms with Crippen LogP contribution in [0.25, 0.3) is 0 Å². The Hall–Kier alpha value is -1.39. The quantitative estimate of drug-likeness (QED) is 0.810. The van der Waals surface area contributed by atoms with E-state index in [1.165, 1.54) is 12.3 Å². The van der Waals surface area contributed by atoms with Crippen molar-refractivity contribution < 1.29 is 26.7 Å². The van der Waals surface area contributed by atoms with E-state index in [0.717, 1.165) is 6.07 Å². The van der Waals surface area contributed by atoms with E-state index >= 15 is 0 Å². The molecule has 1 aromatic rings. The van der Waals surface area contributed by atoms with Gasteiger partial charge in [0, 0.05) is 12.7 Å². The molecule has 0 amide bonds. The maximum atomic E-state index is 12.3. The van der Waals surface area contributed by atoms with Crippen LogP contribution in [-0.2, 0) is 10.0 Å². The van der Waals surface area contributed by atoms with Crippen LogP contribution in [0.15, 0.2) is 23.2 Å². The molecule has 0 aliphatic heterocycles. The molecule has 0 aromatic carbocycles. The number of nitrogens with two attached hydrogens (primary N) is 1. The molecule has 1 aromatic heterocycles. The summed E-state index contributed by atoms with van der Waals surface area (Å²) in [6.45, 7) is -3.13. The number of sulfonamides is 1. The monoisotopic (exact) mass is 299 g/mol. The van der Waals surface area contributed by atoms with Gasteiger partial charge in [-0.15, -0.1) is 0 Å². The van der Waals surface area contributed by atoms with Crippen LogP contribution in [0.3, 0.4) is 0 Å². The van der Waals surface area contributed by atoms with Gasteiger partial charge in [0.15, 0.2) is 0 Å². The molecule has 0 aliphatic carbocycles. The average molecular weight is 299 g/mol. The minimum atomic E-state index is -4.72. The number of aromatic nitrogens is 1. The zero-order valence-corrected chi connectivity index (χ0v) is 10.4. The molecule has 0 bridgehead atoms. The normalized spacial score (nSPS) is 12.9. The molecular weight excluding hydrogens is 287 g/mol. The summed E-state index contributed by atoms with van der Waals surface area (Å²) < 4.78 is 61.2. The van der Waals surface area contributed by atoms with E-state index < -0.39 is 46.6 Å². The van der Waals surface area contributed by atoms with Crippen molar-refractivity contribution in [2.45, 2.75) is 11.1 Å². The summed E-state index contributed by atoms with van der Waals surface area (Å²) in [5, 5.41) is 8.69. The second-order valence-corrected chi connectivity index (χ2v) is 5.47. The van der Waals surface area contributed by atoms with E-state index in [1.807, 2.05) is 0 Å². The van der Waals surface area contributed by atoms with Crippen molar-refractivity contribution >= 4 is 15.8 Å². The molecule has 3 N–H and O–H groups in total. The summed E-state index contributed by atoms with van der Waals surface area (Å²) in [6, 6.07) is 2.30. The first-order valence-corrected chi connectivity index (χ1v) is 6.51. The van der Waals surface area contributed by atoms with Crippen LogP contribution in [-0.4, -0.2) is 48.7 Å². The standard InChI is InChI=1S/C9H12F3N3O3S/c10-9(11,12)6-15(4-5-16)19(17,18)7-2-1-3-14-8(7)13/h1-3,16H,4-6H2,(H2,13,14). The third-order valence-electron chi connectivity index (χ3n) is 2.12. The summed E-state index contributed by atoms with van der Waals surface area (Å²) in [5.41, 5.74) is 5.34. The molecule has 0 aliphatic rings. The molecule has 10 heteroatoms. The number of aliphatic hydroxyl groups is 1. The number of halogens is 3. The number of hydrogen-bond acceptors (Lipinski definition) is 5. The second-order valence-electron chi connectivity index (χ2n) is 3.56. The average Bonchev–Trinajstić information content (AvgIpc) is 2.27. The lowest BCUT2D eigenvalue weighted by atomic mass is 10.5. The Kier molecular flexibility index (Phi) is 4.71. The second kappa shape index (κ2) is 5.72. The van der Waals surface area contributed by atoms with Crippen LogP contribution in [0.5, 0.6) is 0 Å². The van der Waals surface area contributed by atoms with Gasteiger partial charge in [-0.3, -0.25) is 0 Å². The summed E-state index contributed by atoms with van der Waals surface area (Å²) in [7, 11) is -4.46. The molecule has 0 fully saturated rings. The van der Waals surface area contributed by atoms with Crippen molar-refractivity contribution in [2.24, 2.45) is 0 Å². The molecule has 0 atom stereocenters. The van der Waals surface area contributed by atoms with Gasteiger partial charge in [-0.2, -0.15) is 17.5 Å². The lowest BCUT2D eigenvalue weighted by molar-refractivity contribution is -0.136. The Morgan fingerprint density at radius 3 is 2.53 bits per heavy atom. The Bertz CT molecular complexity index is 533. The molecule has 0 saturated heterocycles. The van der Waals surface area contributed by atoms with Gasteiger partial charge in [0.1, 0.15) is 17.3 Å². The molecule has 1 heterocycles. The van der Waals surface area contributed by atoms with Gasteiger partial charge >= 0.3 is 6.18 Å². The van der Waals surface area contributed by atoms with E-state index in [4.69, 9.17) is 10.8 Å². The SMILES string of the molecule is Nc1ncccc1S(=O)(=O)N(CCO)CC(F)(F)F. The molecule has 6 nitrogen and oxygen atoms in total. The Morgan fingerprint density at radius 2 is 2.05 bits per heavy atom. The predicted octanol–water partition coefficient (Wildman–Crippen LogP) is 0.209. The van der Waals surface area contributed by atoms with Crippen LogP contribution in [0.2, 0.25) is 0 Å². The maximum Gasteiger partial charge on any atom is 0.402 e. The summed E-state index contributed by atoms with van der Waals surface area (Å²) in [4.78, 5) is 2.99. The highest BCUT2D eigenvalue weighted by molar-refractivity contribution is 7.89. The molecule has 108 valence electrons. The van der Waals surface area contributed by atoms with Gasteiger partial charge in [0.05, 0.1) is 6.61 Å². The number of anilines is 1. The van der Waals surface area contributed by atoms with Crippen molar-refractivity contribution in [1.82, 2.24) is 9.29 Å². The molecule has 0 saturated carbocycles. The van der Waals surface area contributed by atoms with Crippen molar-refractivity contribution in [3.05, 3.63) is 18.3 Å².